The molecule has 0 N–H and O–H groups in total. The van der Waals surface area contributed by atoms with Gasteiger partial charge in [-0.3, -0.25) is 0 Å². The second kappa shape index (κ2) is 11.7. The highest BCUT2D eigenvalue weighted by Crippen LogP contribution is 2.45. The molecular weight excluding hydrogens is 709 g/mol. The fourth-order valence-electron chi connectivity index (χ4n) is 9.75. The predicted molar refractivity (Wildman–Crippen MR) is 247 cm³/mol. The molecule has 0 fully saturated rings. The predicted octanol–water partition coefficient (Wildman–Crippen LogP) is 15.8. The minimum atomic E-state index is 1.12. The average molecular weight is 741 g/mol. The van der Waals surface area contributed by atoms with Crippen molar-refractivity contribution < 1.29 is 0 Å². The van der Waals surface area contributed by atoms with Crippen molar-refractivity contribution in [2.45, 2.75) is 0 Å². The third-order valence-electron chi connectivity index (χ3n) is 12.3. The van der Waals surface area contributed by atoms with Gasteiger partial charge < -0.3 is 9.30 Å². The van der Waals surface area contributed by atoms with Crippen molar-refractivity contribution in [1.29, 1.82) is 0 Å². The first-order valence-electron chi connectivity index (χ1n) is 19.6. The van der Waals surface area contributed by atoms with Crippen LogP contribution in [0.25, 0.3) is 102 Å². The van der Waals surface area contributed by atoms with E-state index in [4.69, 9.17) is 0 Å². The van der Waals surface area contributed by atoms with Gasteiger partial charge >= 0.3 is 0 Å². The third-order valence-corrected chi connectivity index (χ3v) is 13.4. The van der Waals surface area contributed by atoms with Crippen LogP contribution in [0.2, 0.25) is 0 Å². The van der Waals surface area contributed by atoms with Gasteiger partial charge in [-0.2, -0.15) is 0 Å². The molecule has 0 saturated carbocycles. The van der Waals surface area contributed by atoms with Gasteiger partial charge in [0.15, 0.2) is 0 Å². The number of nitrogens with zero attached hydrogens (tertiary/aromatic N) is 2. The molecule has 3 heterocycles. The molecule has 0 bridgehead atoms. The molecule has 13 aromatic rings. The lowest BCUT2D eigenvalue weighted by molar-refractivity contribution is 1.29. The van der Waals surface area contributed by atoms with Gasteiger partial charge in [0.1, 0.15) is 0 Å². The van der Waals surface area contributed by atoms with E-state index in [1.165, 1.54) is 102 Å². The van der Waals surface area contributed by atoms with E-state index < -0.39 is 0 Å². The summed E-state index contributed by atoms with van der Waals surface area (Å²) in [6, 6.07) is 72.1. The monoisotopic (exact) mass is 740 g/mol. The molecular formula is C54H32N2S. The summed E-state index contributed by atoms with van der Waals surface area (Å²) in [5, 5.41) is 15.4. The zero-order valence-corrected chi connectivity index (χ0v) is 31.6. The zero-order valence-electron chi connectivity index (χ0n) is 30.8. The summed E-state index contributed by atoms with van der Waals surface area (Å²) in [4.78, 5) is 2.44. The Morgan fingerprint density at radius 1 is 0.298 bits per heavy atom. The first kappa shape index (κ1) is 31.1. The Morgan fingerprint density at radius 2 is 0.807 bits per heavy atom. The largest absolute Gasteiger partial charge is 0.310 e. The summed E-state index contributed by atoms with van der Waals surface area (Å²) in [5.41, 5.74) is 9.58. The van der Waals surface area contributed by atoms with E-state index in [0.29, 0.717) is 0 Å². The van der Waals surface area contributed by atoms with Crippen molar-refractivity contribution in [2.75, 3.05) is 4.90 Å². The Balaban J connectivity index is 1.03. The average Bonchev–Trinajstić information content (AvgIpc) is 3.94. The molecule has 13 rings (SSSR count). The lowest BCUT2D eigenvalue weighted by Crippen LogP contribution is -2.10. The van der Waals surface area contributed by atoms with Gasteiger partial charge in [-0.15, -0.1) is 11.3 Å². The van der Waals surface area contributed by atoms with Gasteiger partial charge in [-0.05, 0) is 110 Å². The van der Waals surface area contributed by atoms with E-state index >= 15 is 0 Å². The Kier molecular flexibility index (Phi) is 6.35. The highest BCUT2D eigenvalue weighted by Gasteiger charge is 2.21. The summed E-state index contributed by atoms with van der Waals surface area (Å²) in [6.07, 6.45) is 0. The zero-order chi connectivity index (χ0) is 37.2. The topological polar surface area (TPSA) is 7.65 Å². The van der Waals surface area contributed by atoms with E-state index in [9.17, 15) is 0 Å². The van der Waals surface area contributed by atoms with Crippen molar-refractivity contribution >= 4 is 119 Å². The van der Waals surface area contributed by atoms with Crippen LogP contribution in [0, 0.1) is 0 Å². The van der Waals surface area contributed by atoms with E-state index in [1.54, 1.807) is 0 Å². The number of fused-ring (bicyclic) bond motifs is 15. The number of benzene rings is 10. The lowest BCUT2D eigenvalue weighted by atomic mass is 9.94. The summed E-state index contributed by atoms with van der Waals surface area (Å²) >= 11 is 1.86. The van der Waals surface area contributed by atoms with Crippen molar-refractivity contribution in [1.82, 2.24) is 4.40 Å². The highest BCUT2D eigenvalue weighted by atomic mass is 32.1. The second-order valence-electron chi connectivity index (χ2n) is 15.3. The second-order valence-corrected chi connectivity index (χ2v) is 16.4. The van der Waals surface area contributed by atoms with Crippen LogP contribution in [0.1, 0.15) is 0 Å². The van der Waals surface area contributed by atoms with Gasteiger partial charge in [0.2, 0.25) is 0 Å². The third kappa shape index (κ3) is 4.40. The van der Waals surface area contributed by atoms with Crippen LogP contribution in [-0.4, -0.2) is 4.40 Å². The standard InChI is InChI=1S/C54H32N2S/c1-2-12-40-38(10-1)39-11-3-4-13-41(39)47-31-36(25-27-42(40)47)55(35-23-20-33(21-24-35)34-22-29-53-49(30-34)44-15-6-8-19-52(44)57-53)37-26-28-51-48(32-37)46-17-9-16-45-43-14-5-7-18-50(43)56(51)54(45)46/h1-32H. The number of hydrogen-bond donors (Lipinski definition) is 0. The smallest absolute Gasteiger partial charge is 0.0620 e. The lowest BCUT2D eigenvalue weighted by Gasteiger charge is -2.26. The SMILES string of the molecule is c1ccc2c(c1)sc1ccc(-c3ccc(N(c4ccc5c6ccccc6c6ccccc6c5c4)c4ccc5c(c4)c4cccc6c7ccccc7n5c64)cc3)cc12. The normalized spacial score (nSPS) is 12.2. The van der Waals surface area contributed by atoms with Crippen LogP contribution in [-0.2, 0) is 0 Å². The molecule has 264 valence electrons. The molecule has 57 heavy (non-hydrogen) atoms. The number of hydrogen-bond acceptors (Lipinski definition) is 2. The maximum Gasteiger partial charge on any atom is 0.0620 e. The number of para-hydroxylation sites is 2. The van der Waals surface area contributed by atoms with Gasteiger partial charge in [0.05, 0.1) is 16.6 Å². The summed E-state index contributed by atoms with van der Waals surface area (Å²) in [6.45, 7) is 0. The van der Waals surface area contributed by atoms with Crippen molar-refractivity contribution in [3.63, 3.8) is 0 Å². The molecule has 3 aromatic heterocycles. The Labute approximate surface area is 332 Å². The molecule has 0 unspecified atom stereocenters. The summed E-state index contributed by atoms with van der Waals surface area (Å²) in [5.74, 6) is 0. The van der Waals surface area contributed by atoms with E-state index in [2.05, 4.69) is 203 Å². The molecule has 3 heteroatoms. The minimum absolute atomic E-state index is 1.12. The molecule has 0 atom stereocenters. The van der Waals surface area contributed by atoms with Crippen LogP contribution >= 0.6 is 11.3 Å². The molecule has 2 nitrogen and oxygen atoms in total. The molecule has 0 aliphatic carbocycles. The van der Waals surface area contributed by atoms with Crippen LogP contribution in [0.3, 0.4) is 0 Å². The van der Waals surface area contributed by atoms with Crippen molar-refractivity contribution in [2.24, 2.45) is 0 Å². The van der Waals surface area contributed by atoms with Crippen molar-refractivity contribution in [3.05, 3.63) is 194 Å². The molecule has 0 spiro atoms. The maximum atomic E-state index is 2.46. The highest BCUT2D eigenvalue weighted by molar-refractivity contribution is 7.25. The molecule has 10 aromatic carbocycles. The maximum absolute atomic E-state index is 2.46. The summed E-state index contributed by atoms with van der Waals surface area (Å²) < 4.78 is 5.11. The molecule has 0 radical (unpaired) electrons. The van der Waals surface area contributed by atoms with E-state index in [0.717, 1.165) is 17.1 Å². The Hall–Kier alpha value is -7.20. The molecule has 0 amide bonds. The fraction of sp³-hybridized carbons (Fsp3) is 0. The number of aromatic nitrogens is 1. The van der Waals surface area contributed by atoms with E-state index in [-0.39, 0.29) is 0 Å². The van der Waals surface area contributed by atoms with Crippen LogP contribution in [0.15, 0.2) is 194 Å². The van der Waals surface area contributed by atoms with Crippen LogP contribution in [0.5, 0.6) is 0 Å². The first-order chi connectivity index (χ1) is 28.3. The van der Waals surface area contributed by atoms with Crippen molar-refractivity contribution in [3.8, 4) is 11.1 Å². The van der Waals surface area contributed by atoms with Crippen LogP contribution < -0.4 is 4.90 Å². The molecule has 0 aliphatic rings. The quantitative estimate of drug-likeness (QED) is 0.163. The Morgan fingerprint density at radius 3 is 1.56 bits per heavy atom. The van der Waals surface area contributed by atoms with Crippen LogP contribution in [0.4, 0.5) is 17.1 Å². The van der Waals surface area contributed by atoms with Gasteiger partial charge in [-0.1, -0.05) is 127 Å². The molecule has 0 saturated heterocycles. The minimum Gasteiger partial charge on any atom is -0.310 e. The number of anilines is 3. The number of thiophene rings is 1. The number of rotatable bonds is 4. The molecule has 0 aliphatic heterocycles. The first-order valence-corrected chi connectivity index (χ1v) is 20.4. The Bertz CT molecular complexity index is 3720. The van der Waals surface area contributed by atoms with E-state index in [1.807, 2.05) is 11.3 Å². The fourth-order valence-corrected chi connectivity index (χ4v) is 10.8. The summed E-state index contributed by atoms with van der Waals surface area (Å²) in [7, 11) is 0. The van der Waals surface area contributed by atoms with Gasteiger partial charge in [-0.25, -0.2) is 0 Å². The van der Waals surface area contributed by atoms with Gasteiger partial charge in [0, 0.05) is 58.8 Å². The van der Waals surface area contributed by atoms with Gasteiger partial charge in [0.25, 0.3) is 0 Å².